The van der Waals surface area contributed by atoms with Gasteiger partial charge >= 0.3 is 0 Å². The largest absolute Gasteiger partial charge is 0.399 e. The Morgan fingerprint density at radius 1 is 1.41 bits per heavy atom. The first kappa shape index (κ1) is 11.8. The van der Waals surface area contributed by atoms with Crippen LogP contribution in [-0.2, 0) is 4.79 Å². The van der Waals surface area contributed by atoms with Crippen LogP contribution in [0.5, 0.6) is 0 Å². The van der Waals surface area contributed by atoms with Crippen LogP contribution in [0.2, 0.25) is 0 Å². The molecule has 1 amide bonds. The maximum atomic E-state index is 11.4. The molecule has 17 heavy (non-hydrogen) atoms. The van der Waals surface area contributed by atoms with Crippen molar-refractivity contribution in [2.45, 2.75) is 31.7 Å². The molecule has 1 aromatic rings. The van der Waals surface area contributed by atoms with E-state index < -0.39 is 0 Å². The van der Waals surface area contributed by atoms with Crippen molar-refractivity contribution in [1.29, 1.82) is 0 Å². The van der Waals surface area contributed by atoms with Crippen molar-refractivity contribution in [3.63, 3.8) is 0 Å². The van der Waals surface area contributed by atoms with Gasteiger partial charge in [0, 0.05) is 30.4 Å². The Bertz CT molecular complexity index is 388. The molecule has 0 heterocycles. The zero-order valence-corrected chi connectivity index (χ0v) is 9.91. The molecule has 92 valence electrons. The Kier molecular flexibility index (Phi) is 3.85. The van der Waals surface area contributed by atoms with Gasteiger partial charge in [-0.05, 0) is 37.5 Å². The first-order chi connectivity index (χ1) is 8.24. The number of nitrogens with one attached hydrogen (secondary N) is 2. The molecule has 1 aliphatic carbocycles. The van der Waals surface area contributed by atoms with Gasteiger partial charge in [-0.15, -0.1) is 0 Å². The molecule has 4 N–H and O–H groups in total. The molecule has 2 rings (SSSR count). The highest BCUT2D eigenvalue weighted by molar-refractivity contribution is 5.76. The Morgan fingerprint density at radius 3 is 2.94 bits per heavy atom. The summed E-state index contributed by atoms with van der Waals surface area (Å²) in [4.78, 5) is 11.4. The third kappa shape index (κ3) is 4.34. The summed E-state index contributed by atoms with van der Waals surface area (Å²) in [5, 5.41) is 6.22. The Hall–Kier alpha value is -1.71. The lowest BCUT2D eigenvalue weighted by atomic mass is 10.2. The van der Waals surface area contributed by atoms with E-state index in [2.05, 4.69) is 10.6 Å². The molecule has 0 saturated heterocycles. The Balaban J connectivity index is 1.60. The van der Waals surface area contributed by atoms with Crippen LogP contribution in [0.4, 0.5) is 11.4 Å². The molecule has 1 aromatic carbocycles. The molecule has 4 nitrogen and oxygen atoms in total. The number of amides is 1. The fraction of sp³-hybridized carbons (Fsp3) is 0.462. The lowest BCUT2D eigenvalue weighted by Gasteiger charge is -2.07. The highest BCUT2D eigenvalue weighted by Crippen LogP contribution is 2.18. The molecule has 4 heteroatoms. The van der Waals surface area contributed by atoms with Gasteiger partial charge in [0.15, 0.2) is 0 Å². The number of hydrogen-bond donors (Lipinski definition) is 3. The molecular weight excluding hydrogens is 214 g/mol. The molecule has 1 saturated carbocycles. The van der Waals surface area contributed by atoms with Gasteiger partial charge in [0.25, 0.3) is 0 Å². The minimum atomic E-state index is 0.168. The second-order valence-corrected chi connectivity index (χ2v) is 4.50. The van der Waals surface area contributed by atoms with Gasteiger partial charge in [-0.25, -0.2) is 0 Å². The number of nitrogens with two attached hydrogens (primary N) is 1. The van der Waals surface area contributed by atoms with Crippen molar-refractivity contribution >= 4 is 17.3 Å². The number of hydrogen-bond acceptors (Lipinski definition) is 3. The third-order valence-electron chi connectivity index (χ3n) is 2.74. The van der Waals surface area contributed by atoms with E-state index in [9.17, 15) is 4.79 Å². The standard InChI is InChI=1S/C13H19N3O/c14-10-3-1-4-12(9-10)15-8-2-5-13(17)16-11-6-7-11/h1,3-4,9,11,15H,2,5-8,14H2,(H,16,17). The second-order valence-electron chi connectivity index (χ2n) is 4.50. The summed E-state index contributed by atoms with van der Waals surface area (Å²) < 4.78 is 0. The van der Waals surface area contributed by atoms with E-state index in [1.165, 1.54) is 0 Å². The van der Waals surface area contributed by atoms with Crippen molar-refractivity contribution < 1.29 is 4.79 Å². The first-order valence-electron chi connectivity index (χ1n) is 6.13. The topological polar surface area (TPSA) is 67.1 Å². The molecule has 0 atom stereocenters. The zero-order valence-electron chi connectivity index (χ0n) is 9.91. The fourth-order valence-electron chi connectivity index (χ4n) is 1.66. The van der Waals surface area contributed by atoms with Gasteiger partial charge in [0.05, 0.1) is 0 Å². The molecule has 0 aromatic heterocycles. The van der Waals surface area contributed by atoms with Crippen molar-refractivity contribution in [3.8, 4) is 0 Å². The third-order valence-corrected chi connectivity index (χ3v) is 2.74. The van der Waals surface area contributed by atoms with E-state index in [0.717, 1.165) is 37.2 Å². The van der Waals surface area contributed by atoms with Gasteiger partial charge in [-0.1, -0.05) is 6.07 Å². The van der Waals surface area contributed by atoms with Gasteiger partial charge in [0.1, 0.15) is 0 Å². The molecule has 0 radical (unpaired) electrons. The average molecular weight is 233 g/mol. The minimum Gasteiger partial charge on any atom is -0.399 e. The van der Waals surface area contributed by atoms with E-state index in [4.69, 9.17) is 5.73 Å². The van der Waals surface area contributed by atoms with Crippen LogP contribution >= 0.6 is 0 Å². The van der Waals surface area contributed by atoms with Gasteiger partial charge in [-0.2, -0.15) is 0 Å². The summed E-state index contributed by atoms with van der Waals surface area (Å²) in [6.07, 6.45) is 3.72. The summed E-state index contributed by atoms with van der Waals surface area (Å²) in [5.41, 5.74) is 7.43. The fourth-order valence-corrected chi connectivity index (χ4v) is 1.66. The number of carbonyl (C=O) groups is 1. The van der Waals surface area contributed by atoms with Crippen LogP contribution in [-0.4, -0.2) is 18.5 Å². The lowest BCUT2D eigenvalue weighted by Crippen LogP contribution is -2.25. The zero-order chi connectivity index (χ0) is 12.1. The normalized spacial score (nSPS) is 14.4. The molecule has 0 unspecified atom stereocenters. The maximum Gasteiger partial charge on any atom is 0.220 e. The van der Waals surface area contributed by atoms with Crippen molar-refractivity contribution in [3.05, 3.63) is 24.3 Å². The van der Waals surface area contributed by atoms with Crippen LogP contribution in [0.15, 0.2) is 24.3 Å². The van der Waals surface area contributed by atoms with Gasteiger partial charge in [-0.3, -0.25) is 4.79 Å². The molecular formula is C13H19N3O. The maximum absolute atomic E-state index is 11.4. The summed E-state index contributed by atoms with van der Waals surface area (Å²) in [5.74, 6) is 0.168. The predicted molar refractivity (Wildman–Crippen MR) is 69.7 cm³/mol. The van der Waals surface area contributed by atoms with Crippen LogP contribution < -0.4 is 16.4 Å². The van der Waals surface area contributed by atoms with Crippen LogP contribution in [0.25, 0.3) is 0 Å². The van der Waals surface area contributed by atoms with Crippen molar-refractivity contribution in [2.24, 2.45) is 0 Å². The SMILES string of the molecule is Nc1cccc(NCCCC(=O)NC2CC2)c1. The highest BCUT2D eigenvalue weighted by atomic mass is 16.1. The number of benzene rings is 1. The Labute approximate surface area is 102 Å². The average Bonchev–Trinajstić information content (AvgIpc) is 3.08. The van der Waals surface area contributed by atoms with Crippen molar-refractivity contribution in [2.75, 3.05) is 17.6 Å². The molecule has 0 aliphatic heterocycles. The smallest absolute Gasteiger partial charge is 0.220 e. The van der Waals surface area contributed by atoms with Gasteiger partial charge in [0.2, 0.25) is 5.91 Å². The quantitative estimate of drug-likeness (QED) is 0.518. The van der Waals surface area contributed by atoms with E-state index >= 15 is 0 Å². The molecule has 0 bridgehead atoms. The number of anilines is 2. The summed E-state index contributed by atoms with van der Waals surface area (Å²) in [7, 11) is 0. The van der Waals surface area contributed by atoms with Crippen LogP contribution in [0.1, 0.15) is 25.7 Å². The summed E-state index contributed by atoms with van der Waals surface area (Å²) in [6.45, 7) is 0.793. The number of nitrogen functional groups attached to an aromatic ring is 1. The number of carbonyl (C=O) groups excluding carboxylic acids is 1. The monoisotopic (exact) mass is 233 g/mol. The number of rotatable bonds is 6. The summed E-state index contributed by atoms with van der Waals surface area (Å²) >= 11 is 0. The molecule has 1 fully saturated rings. The van der Waals surface area contributed by atoms with Crippen LogP contribution in [0, 0.1) is 0 Å². The van der Waals surface area contributed by atoms with E-state index in [0.29, 0.717) is 12.5 Å². The van der Waals surface area contributed by atoms with Gasteiger partial charge < -0.3 is 16.4 Å². The van der Waals surface area contributed by atoms with E-state index in [1.807, 2.05) is 24.3 Å². The minimum absolute atomic E-state index is 0.168. The van der Waals surface area contributed by atoms with Crippen LogP contribution in [0.3, 0.4) is 0 Å². The predicted octanol–water partition coefficient (Wildman–Crippen LogP) is 1.74. The van der Waals surface area contributed by atoms with E-state index in [1.54, 1.807) is 0 Å². The molecule has 0 spiro atoms. The first-order valence-corrected chi connectivity index (χ1v) is 6.13. The van der Waals surface area contributed by atoms with Crippen molar-refractivity contribution in [1.82, 2.24) is 5.32 Å². The second kappa shape index (κ2) is 5.57. The summed E-state index contributed by atoms with van der Waals surface area (Å²) in [6, 6.07) is 8.10. The lowest BCUT2D eigenvalue weighted by molar-refractivity contribution is -0.121. The molecule has 1 aliphatic rings. The highest BCUT2D eigenvalue weighted by Gasteiger charge is 2.22. The Morgan fingerprint density at radius 2 is 2.24 bits per heavy atom. The van der Waals surface area contributed by atoms with E-state index in [-0.39, 0.29) is 5.91 Å².